The van der Waals surface area contributed by atoms with Crippen molar-refractivity contribution < 1.29 is 9.53 Å². The van der Waals surface area contributed by atoms with Crippen LogP contribution in [0.1, 0.15) is 22.8 Å². The van der Waals surface area contributed by atoms with Gasteiger partial charge in [0.1, 0.15) is 0 Å². The summed E-state index contributed by atoms with van der Waals surface area (Å²) in [5, 5.41) is 0. The number of carbonyl (C=O) groups is 1. The maximum atomic E-state index is 11.8. The SMILES string of the molecule is CCn1ccc(=O)n1Cc1ccc(C(=O)OC)c(Br)c1. The van der Waals surface area contributed by atoms with Crippen LogP contribution in [0, 0.1) is 0 Å². The van der Waals surface area contributed by atoms with Crippen molar-refractivity contribution in [2.75, 3.05) is 7.11 Å². The Balaban J connectivity index is 2.31. The summed E-state index contributed by atoms with van der Waals surface area (Å²) in [6.07, 6.45) is 1.76. The fourth-order valence-corrected chi connectivity index (χ4v) is 2.58. The highest BCUT2D eigenvalue weighted by Gasteiger charge is 2.11. The molecule has 0 unspecified atom stereocenters. The average molecular weight is 339 g/mol. The fraction of sp³-hybridized carbons (Fsp3) is 0.286. The molecule has 0 N–H and O–H groups in total. The Morgan fingerprint density at radius 1 is 1.35 bits per heavy atom. The summed E-state index contributed by atoms with van der Waals surface area (Å²) < 4.78 is 8.85. The van der Waals surface area contributed by atoms with E-state index in [1.54, 1.807) is 23.0 Å². The summed E-state index contributed by atoms with van der Waals surface area (Å²) in [5.74, 6) is -0.391. The van der Waals surface area contributed by atoms with Gasteiger partial charge in [0.25, 0.3) is 5.56 Å². The van der Waals surface area contributed by atoms with Crippen molar-refractivity contribution in [1.82, 2.24) is 9.36 Å². The Bertz CT molecular complexity index is 688. The van der Waals surface area contributed by atoms with E-state index in [0.717, 1.165) is 12.1 Å². The molecule has 1 aromatic carbocycles. The van der Waals surface area contributed by atoms with Gasteiger partial charge in [-0.2, -0.15) is 0 Å². The van der Waals surface area contributed by atoms with Gasteiger partial charge in [0.15, 0.2) is 0 Å². The van der Waals surface area contributed by atoms with Crippen LogP contribution in [0.5, 0.6) is 0 Å². The fourth-order valence-electron chi connectivity index (χ4n) is 1.99. The van der Waals surface area contributed by atoms with Gasteiger partial charge < -0.3 is 4.74 Å². The van der Waals surface area contributed by atoms with E-state index in [1.807, 2.05) is 23.7 Å². The van der Waals surface area contributed by atoms with Crippen molar-refractivity contribution in [2.45, 2.75) is 20.0 Å². The second-order valence-corrected chi connectivity index (χ2v) is 5.13. The first-order chi connectivity index (χ1) is 9.56. The first kappa shape index (κ1) is 14.6. The molecule has 0 aliphatic rings. The molecular formula is C14H15BrN2O3. The Morgan fingerprint density at radius 3 is 2.70 bits per heavy atom. The molecule has 0 radical (unpaired) electrons. The molecular weight excluding hydrogens is 324 g/mol. The first-order valence-corrected chi connectivity index (χ1v) is 6.99. The van der Waals surface area contributed by atoms with Crippen molar-refractivity contribution in [3.8, 4) is 0 Å². The molecule has 106 valence electrons. The van der Waals surface area contributed by atoms with Crippen LogP contribution in [-0.4, -0.2) is 22.4 Å². The maximum Gasteiger partial charge on any atom is 0.339 e. The van der Waals surface area contributed by atoms with Crippen molar-refractivity contribution in [1.29, 1.82) is 0 Å². The molecule has 0 bridgehead atoms. The van der Waals surface area contributed by atoms with E-state index in [4.69, 9.17) is 4.74 Å². The van der Waals surface area contributed by atoms with Crippen molar-refractivity contribution in [3.63, 3.8) is 0 Å². The molecule has 0 fully saturated rings. The molecule has 2 aromatic rings. The van der Waals surface area contributed by atoms with E-state index in [0.29, 0.717) is 16.6 Å². The van der Waals surface area contributed by atoms with Crippen molar-refractivity contribution >= 4 is 21.9 Å². The predicted molar refractivity (Wildman–Crippen MR) is 78.9 cm³/mol. The van der Waals surface area contributed by atoms with Crippen LogP contribution in [0.4, 0.5) is 0 Å². The first-order valence-electron chi connectivity index (χ1n) is 6.19. The molecule has 0 spiro atoms. The van der Waals surface area contributed by atoms with Crippen LogP contribution in [-0.2, 0) is 17.8 Å². The molecule has 0 saturated carbocycles. The van der Waals surface area contributed by atoms with Gasteiger partial charge in [0.05, 0.1) is 19.2 Å². The molecule has 0 aliphatic carbocycles. The summed E-state index contributed by atoms with van der Waals surface area (Å²) in [5.41, 5.74) is 1.36. The van der Waals surface area contributed by atoms with Gasteiger partial charge in [-0.3, -0.25) is 9.48 Å². The van der Waals surface area contributed by atoms with Crippen LogP contribution in [0.25, 0.3) is 0 Å². The molecule has 20 heavy (non-hydrogen) atoms. The van der Waals surface area contributed by atoms with E-state index in [9.17, 15) is 9.59 Å². The number of methoxy groups -OCH3 is 1. The van der Waals surface area contributed by atoms with Gasteiger partial charge >= 0.3 is 5.97 Å². The second kappa shape index (κ2) is 6.09. The van der Waals surface area contributed by atoms with E-state index in [1.165, 1.54) is 7.11 Å². The average Bonchev–Trinajstić information content (AvgIpc) is 2.79. The molecule has 2 rings (SSSR count). The third-order valence-corrected chi connectivity index (χ3v) is 3.70. The highest BCUT2D eigenvalue weighted by atomic mass is 79.9. The van der Waals surface area contributed by atoms with Crippen LogP contribution in [0.15, 0.2) is 39.7 Å². The van der Waals surface area contributed by atoms with Gasteiger partial charge in [-0.1, -0.05) is 6.07 Å². The number of esters is 1. The third kappa shape index (κ3) is 2.85. The standard InChI is InChI=1S/C14H15BrN2O3/c1-3-16-7-6-13(18)17(16)9-10-4-5-11(12(15)8-10)14(19)20-2/h4-8H,3,9H2,1-2H3. The van der Waals surface area contributed by atoms with Crippen molar-refractivity contribution in [2.24, 2.45) is 0 Å². The number of ether oxygens (including phenoxy) is 1. The summed E-state index contributed by atoms with van der Waals surface area (Å²) in [6, 6.07) is 6.87. The maximum absolute atomic E-state index is 11.8. The van der Waals surface area contributed by atoms with Crippen molar-refractivity contribution in [3.05, 3.63) is 56.4 Å². The number of benzene rings is 1. The Hall–Kier alpha value is -1.82. The molecule has 6 heteroatoms. The Kier molecular flexibility index (Phi) is 4.44. The number of halogens is 1. The zero-order chi connectivity index (χ0) is 14.7. The van der Waals surface area contributed by atoms with Gasteiger partial charge in [0, 0.05) is 23.3 Å². The molecule has 0 amide bonds. The lowest BCUT2D eigenvalue weighted by Gasteiger charge is -2.11. The quantitative estimate of drug-likeness (QED) is 0.803. The lowest BCUT2D eigenvalue weighted by Crippen LogP contribution is -2.23. The smallest absolute Gasteiger partial charge is 0.339 e. The highest BCUT2D eigenvalue weighted by molar-refractivity contribution is 9.10. The largest absolute Gasteiger partial charge is 0.465 e. The van der Waals surface area contributed by atoms with Gasteiger partial charge in [-0.25, -0.2) is 9.48 Å². The minimum atomic E-state index is -0.391. The molecule has 0 atom stereocenters. The summed E-state index contributed by atoms with van der Waals surface area (Å²) >= 11 is 3.35. The van der Waals surface area contributed by atoms with E-state index in [-0.39, 0.29) is 5.56 Å². The second-order valence-electron chi connectivity index (χ2n) is 4.27. The van der Waals surface area contributed by atoms with Gasteiger partial charge in [-0.05, 0) is 40.5 Å². The van der Waals surface area contributed by atoms with E-state index >= 15 is 0 Å². The lowest BCUT2D eigenvalue weighted by molar-refractivity contribution is 0.0599. The van der Waals surface area contributed by atoms with Crippen LogP contribution in [0.3, 0.4) is 0 Å². The highest BCUT2D eigenvalue weighted by Crippen LogP contribution is 2.20. The lowest BCUT2D eigenvalue weighted by atomic mass is 10.1. The molecule has 1 heterocycles. The predicted octanol–water partition coefficient (Wildman–Crippen LogP) is 2.27. The monoisotopic (exact) mass is 338 g/mol. The molecule has 0 aliphatic heterocycles. The summed E-state index contributed by atoms with van der Waals surface area (Å²) in [4.78, 5) is 23.3. The molecule has 0 saturated heterocycles. The summed E-state index contributed by atoms with van der Waals surface area (Å²) in [6.45, 7) is 3.16. The number of hydrogen-bond donors (Lipinski definition) is 0. The number of hydrogen-bond acceptors (Lipinski definition) is 3. The minimum Gasteiger partial charge on any atom is -0.465 e. The normalized spacial score (nSPS) is 10.6. The zero-order valence-corrected chi connectivity index (χ0v) is 12.9. The third-order valence-electron chi connectivity index (χ3n) is 3.05. The number of rotatable bonds is 4. The van der Waals surface area contributed by atoms with Crippen LogP contribution >= 0.6 is 15.9 Å². The molecule has 1 aromatic heterocycles. The van der Waals surface area contributed by atoms with Gasteiger partial charge in [0.2, 0.25) is 0 Å². The minimum absolute atomic E-state index is 0.0417. The van der Waals surface area contributed by atoms with Crippen LogP contribution < -0.4 is 5.56 Å². The Labute approximate surface area is 124 Å². The van der Waals surface area contributed by atoms with E-state index < -0.39 is 5.97 Å². The number of aromatic nitrogens is 2. The summed E-state index contributed by atoms with van der Waals surface area (Å²) in [7, 11) is 1.34. The Morgan fingerprint density at radius 2 is 2.10 bits per heavy atom. The zero-order valence-electron chi connectivity index (χ0n) is 11.3. The number of nitrogens with zero attached hydrogens (tertiary/aromatic N) is 2. The topological polar surface area (TPSA) is 53.2 Å². The van der Waals surface area contributed by atoms with Crippen LogP contribution in [0.2, 0.25) is 0 Å². The number of carbonyl (C=O) groups excluding carboxylic acids is 1. The molecule has 5 nitrogen and oxygen atoms in total. The van der Waals surface area contributed by atoms with E-state index in [2.05, 4.69) is 15.9 Å². The van der Waals surface area contributed by atoms with Gasteiger partial charge in [-0.15, -0.1) is 0 Å². The number of aryl methyl sites for hydroxylation is 1.